The van der Waals surface area contributed by atoms with E-state index in [0.29, 0.717) is 0 Å². The standard InChI is InChI=1S/C24H17BrFN.B63/c1-16-14-24(27-15-22(16)18-10-12-20(26)13-11-18)19-8-6-17(7-9-19)21-4-2-3-5-23(21)25;1-33-49(32)57(48(30)31)61(56(46(26)27)47(28)29)63(60(54(42(18)19)43(20)21)55(44(22)23)45(24)25)62(58(50(34(2)3)35(4)5)51(36(6)7)37(8)9)59(52(38(10)11)39(12)13)53(40(14)15)41(16)17/h2-15H,1H3;. The first kappa shape index (κ1) is 85.5. The Kier molecular flexibility index (Phi) is 38.0. The second-order valence-electron chi connectivity index (χ2n) is 24.0. The van der Waals surface area contributed by atoms with Gasteiger partial charge in [-0.3, -0.25) is 4.98 Å². The lowest BCUT2D eigenvalue weighted by Gasteiger charge is -2.59. The Morgan fingerprint density at radius 3 is 0.833 bits per heavy atom. The van der Waals surface area contributed by atoms with Gasteiger partial charge in [-0.15, -0.1) is 0 Å². The Labute approximate surface area is 607 Å². The summed E-state index contributed by atoms with van der Waals surface area (Å²) < 4.78 is 14.2. The topological polar surface area (TPSA) is 12.9 Å². The molecule has 0 aliphatic heterocycles. The Bertz CT molecular complexity index is 2520. The predicted octanol–water partition coefficient (Wildman–Crippen LogP) is -16.7. The van der Waals surface area contributed by atoms with Gasteiger partial charge in [-0.05, 0) is 53.4 Å². The van der Waals surface area contributed by atoms with Gasteiger partial charge in [-0.2, -0.15) is 0 Å². The van der Waals surface area contributed by atoms with Crippen LogP contribution < -0.4 is 0 Å². The Morgan fingerprint density at radius 1 is 0.322 bits per heavy atom. The van der Waals surface area contributed by atoms with Crippen LogP contribution in [0, 0.1) is 12.7 Å². The summed E-state index contributed by atoms with van der Waals surface area (Å²) >= 11 is 3.60. The van der Waals surface area contributed by atoms with Gasteiger partial charge in [-0.25, -0.2) is 4.39 Å². The van der Waals surface area contributed by atoms with E-state index in [4.69, 9.17) is 248 Å². The van der Waals surface area contributed by atoms with Crippen molar-refractivity contribution in [2.45, 2.75) is 6.92 Å². The lowest BCUT2D eigenvalue weighted by atomic mass is 8.22. The Balaban J connectivity index is 0.000000638. The maximum Gasteiger partial charge on any atom is 0.123 e. The van der Waals surface area contributed by atoms with Gasteiger partial charge in [0.2, 0.25) is 0 Å². The zero-order valence-electron chi connectivity index (χ0n) is 51.2. The van der Waals surface area contributed by atoms with Crippen LogP contribution in [-0.2, 0) is 0 Å². The molecule has 0 saturated heterocycles. The second-order valence-corrected chi connectivity index (χ2v) is 24.8. The number of aryl methyl sites for hydroxylation is 1. The van der Waals surface area contributed by atoms with Crippen molar-refractivity contribution in [2.24, 2.45) is 0 Å². The highest BCUT2D eigenvalue weighted by molar-refractivity contribution is 9.10. The maximum absolute atomic E-state index is 13.2. The zero-order chi connectivity index (χ0) is 68.8. The van der Waals surface area contributed by atoms with Crippen LogP contribution in [0.5, 0.6) is 0 Å². The molecule has 1 heterocycles. The van der Waals surface area contributed by atoms with Crippen LogP contribution >= 0.6 is 15.9 Å². The molecule has 1 aromatic heterocycles. The number of halogens is 2. The summed E-state index contributed by atoms with van der Waals surface area (Å²) in [7, 11) is 214. The highest BCUT2D eigenvalue weighted by Crippen LogP contribution is 2.32. The molecule has 4 rings (SSSR count). The third-order valence-electron chi connectivity index (χ3n) is 17.7. The number of nitrogens with zero attached hydrogens (tertiary/aromatic N) is 1. The van der Waals surface area contributed by atoms with E-state index in [0.717, 1.165) is 45.0 Å². The molecule has 65 radical (unpaired) electrons. The van der Waals surface area contributed by atoms with Crippen LogP contribution in [0.4, 0.5) is 4.39 Å². The molecule has 0 N–H and O–H groups in total. The van der Waals surface area contributed by atoms with Gasteiger partial charge >= 0.3 is 0 Å². The van der Waals surface area contributed by atoms with Crippen LogP contribution in [0.1, 0.15) is 5.56 Å². The smallest absolute Gasteiger partial charge is 0.123 e. The molecular formula is C24H17B63BrFN. The van der Waals surface area contributed by atoms with Gasteiger partial charge in [0.25, 0.3) is 0 Å². The van der Waals surface area contributed by atoms with E-state index in [-0.39, 0.29) is 5.82 Å². The van der Waals surface area contributed by atoms with Gasteiger partial charge in [-0.1, -0.05) is 70.5 Å². The molecule has 66 heteroatoms. The van der Waals surface area contributed by atoms with Gasteiger partial charge in [0.1, 0.15) is 5.82 Å². The van der Waals surface area contributed by atoms with Crippen molar-refractivity contribution in [3.63, 3.8) is 0 Å². The van der Waals surface area contributed by atoms with Crippen LogP contribution in [0.15, 0.2) is 89.5 Å². The molecule has 90 heavy (non-hydrogen) atoms. The molecule has 0 aliphatic carbocycles. The molecule has 0 fully saturated rings. The van der Waals surface area contributed by atoms with E-state index in [1.165, 1.54) is 17.7 Å². The number of hydrogen-bond acceptors (Lipinski definition) is 1. The molecule has 0 bridgehead atoms. The van der Waals surface area contributed by atoms with Crippen molar-refractivity contribution >= 4 is 462 Å². The lowest BCUT2D eigenvalue weighted by Crippen LogP contribution is -2.97. The first-order valence-corrected chi connectivity index (χ1v) is 30.2. The number of benzene rings is 3. The fourth-order valence-corrected chi connectivity index (χ4v) is 14.6. The summed E-state index contributed by atoms with van der Waals surface area (Å²) in [6.45, 7) is 2.05. The van der Waals surface area contributed by atoms with Crippen molar-refractivity contribution < 1.29 is 4.39 Å². The molecule has 0 saturated carbocycles. The molecule has 4 aromatic rings. The minimum atomic E-state index is -1.56. The lowest BCUT2D eigenvalue weighted by molar-refractivity contribution is 0.628. The summed E-state index contributed by atoms with van der Waals surface area (Å²) in [5.74, 6) is -0.230. The fraction of sp³-hybridized carbons (Fsp3) is 0.0417. The van der Waals surface area contributed by atoms with E-state index in [1.54, 1.807) is 12.1 Å². The summed E-state index contributed by atoms with van der Waals surface area (Å²) in [4.78, 5) is 4.63. The van der Waals surface area contributed by atoms with Crippen LogP contribution in [0.2, 0.25) is 0 Å². The SMILES string of the molecule is Cc1cc(-c2ccc(-c3ccccc3Br)cc2)ncc1-c1ccc(F)cc1.[B][B]B([B])B(B([B])[B])B(B(B([B])[B])B([B])[B])B(B(B(B([B])[B])B([B])[B])B(B([B])[B])B([B])[B])B(B(B(B([B])[B])B([B])[B])B(B([B])[B])B([B])[B])B(B(B([B])[B])B([B])[B])B(B([B])[B])B([B])[B]. The Hall–Kier alpha value is 1.31. The Morgan fingerprint density at radius 2 is 0.567 bits per heavy atom. The normalized spacial score (nSPS) is 10.0. The predicted molar refractivity (Wildman–Crippen MR) is 475 cm³/mol. The minimum absolute atomic E-state index is 0.230. The van der Waals surface area contributed by atoms with Gasteiger partial charge in [0, 0.05) is 468 Å². The largest absolute Gasteiger partial charge is 0.256 e. The highest BCUT2D eigenvalue weighted by Gasteiger charge is 2.63. The maximum atomic E-state index is 13.2. The first-order valence-electron chi connectivity index (χ1n) is 29.4. The molecule has 1 nitrogen and oxygen atoms in total. The molecule has 0 spiro atoms. The van der Waals surface area contributed by atoms with Crippen LogP contribution in [0.25, 0.3) is 33.5 Å². The number of aromatic nitrogens is 1. The third-order valence-corrected chi connectivity index (χ3v) is 18.4. The quantitative estimate of drug-likeness (QED) is 0.0433. The van der Waals surface area contributed by atoms with Crippen LogP contribution in [0.3, 0.4) is 0 Å². The van der Waals surface area contributed by atoms with Crippen molar-refractivity contribution in [1.82, 2.24) is 4.98 Å². The molecule has 0 aliphatic rings. The molecule has 0 atom stereocenters. The summed E-state index contributed by atoms with van der Waals surface area (Å²) in [5.41, 5.74) is 7.42. The molecule has 321 valence electrons. The zero-order valence-corrected chi connectivity index (χ0v) is 52.7. The summed E-state index contributed by atoms with van der Waals surface area (Å²) in [6.07, 6.45) is -41.7. The van der Waals surface area contributed by atoms with Crippen LogP contribution in [-0.4, -0.2) is 451 Å². The fourth-order valence-electron chi connectivity index (χ4n) is 14.1. The molecule has 3 aromatic carbocycles. The number of rotatable bonds is 33. The van der Waals surface area contributed by atoms with Crippen molar-refractivity contribution in [2.75, 3.05) is 0 Å². The van der Waals surface area contributed by atoms with E-state index in [9.17, 15) is 4.39 Å². The average molecular weight is 1100 g/mol. The van der Waals surface area contributed by atoms with Gasteiger partial charge in [0.05, 0.1) is 5.69 Å². The monoisotopic (exact) mass is 1110 g/mol. The summed E-state index contributed by atoms with van der Waals surface area (Å²) in [6, 6.07) is 25.2. The number of hydrogen-bond donors (Lipinski definition) is 0. The van der Waals surface area contributed by atoms with Crippen molar-refractivity contribution in [3.05, 3.63) is 101 Å². The highest BCUT2D eigenvalue weighted by atomic mass is 79.9. The molecule has 0 unspecified atom stereocenters. The van der Waals surface area contributed by atoms with Gasteiger partial charge in [0.15, 0.2) is 0 Å². The van der Waals surface area contributed by atoms with Crippen molar-refractivity contribution in [1.29, 1.82) is 0 Å². The second kappa shape index (κ2) is 39.9. The molecular weight excluding hydrogens is 1080 g/mol. The van der Waals surface area contributed by atoms with Crippen molar-refractivity contribution in [3.8, 4) is 33.5 Å². The van der Waals surface area contributed by atoms with Gasteiger partial charge < -0.3 is 0 Å². The number of pyridine rings is 1. The van der Waals surface area contributed by atoms with E-state index >= 15 is 0 Å². The third kappa shape index (κ3) is 22.7. The van der Waals surface area contributed by atoms with E-state index in [1.807, 2.05) is 24.4 Å². The first-order chi connectivity index (χ1) is 41.8. The molecule has 0 amide bonds. The van der Waals surface area contributed by atoms with E-state index in [2.05, 4.69) is 64.2 Å². The minimum Gasteiger partial charge on any atom is -0.256 e. The van der Waals surface area contributed by atoms with E-state index < -0.39 is 192 Å². The summed E-state index contributed by atoms with van der Waals surface area (Å²) in [5, 5.41) is 0. The average Bonchev–Trinajstić information content (AvgIpc) is 0.727.